The van der Waals surface area contributed by atoms with Crippen LogP contribution in [0.25, 0.3) is 0 Å². The topological polar surface area (TPSA) is 36.1 Å². The Morgan fingerprint density at radius 2 is 2.15 bits per heavy atom. The summed E-state index contributed by atoms with van der Waals surface area (Å²) in [7, 11) is 0. The molecule has 0 saturated heterocycles. The smallest absolute Gasteiger partial charge is 0.143 e. The minimum absolute atomic E-state index is 0.496. The molecule has 0 aliphatic heterocycles. The van der Waals surface area contributed by atoms with Crippen molar-refractivity contribution in [2.45, 2.75) is 52.5 Å². The number of hydrogen-bond acceptors (Lipinski definition) is 2. The molecule has 13 heavy (non-hydrogen) atoms. The van der Waals surface area contributed by atoms with Gasteiger partial charge in [0.25, 0.3) is 0 Å². The lowest BCUT2D eigenvalue weighted by Gasteiger charge is -2.14. The van der Waals surface area contributed by atoms with Crippen LogP contribution in [0.3, 0.4) is 0 Å². The van der Waals surface area contributed by atoms with E-state index in [1.54, 1.807) is 0 Å². The Morgan fingerprint density at radius 1 is 1.54 bits per heavy atom. The number of hydrogen-bond donors (Lipinski definition) is 0. The van der Waals surface area contributed by atoms with Crippen LogP contribution in [0.4, 0.5) is 0 Å². The molecular formula is C11H20N2. The highest BCUT2D eigenvalue weighted by Gasteiger charge is 2.19. The van der Waals surface area contributed by atoms with Gasteiger partial charge in [0.05, 0.1) is 6.07 Å². The number of rotatable bonds is 5. The second kappa shape index (κ2) is 5.75. The molecule has 0 rings (SSSR count). The zero-order valence-corrected chi connectivity index (χ0v) is 9.17. The summed E-state index contributed by atoms with van der Waals surface area (Å²) in [5.41, 5.74) is -0.496. The molecule has 0 aliphatic carbocycles. The fourth-order valence-electron chi connectivity index (χ4n) is 1.10. The molecule has 0 spiro atoms. The van der Waals surface area contributed by atoms with Gasteiger partial charge in [0.15, 0.2) is 0 Å². The summed E-state index contributed by atoms with van der Waals surface area (Å²) in [5.74, 6) is 0.619. The van der Waals surface area contributed by atoms with Crippen molar-refractivity contribution in [3.63, 3.8) is 0 Å². The van der Waals surface area contributed by atoms with E-state index < -0.39 is 5.54 Å². The van der Waals surface area contributed by atoms with E-state index in [1.165, 1.54) is 0 Å². The van der Waals surface area contributed by atoms with Gasteiger partial charge in [-0.25, -0.2) is 0 Å². The van der Waals surface area contributed by atoms with E-state index >= 15 is 0 Å². The van der Waals surface area contributed by atoms with Crippen molar-refractivity contribution in [3.8, 4) is 6.07 Å². The Bertz CT molecular complexity index is 201. The van der Waals surface area contributed by atoms with Gasteiger partial charge in [0.2, 0.25) is 0 Å². The zero-order chi connectivity index (χ0) is 10.3. The largest absolute Gasteiger partial charge is 0.276 e. The standard InChI is InChI=1S/C11H20N2/c1-5-7-11(4,9-12)13-8-6-10(2)3/h8,10H,5-7H2,1-4H3. The molecule has 0 saturated carbocycles. The minimum atomic E-state index is -0.496. The molecule has 0 aromatic carbocycles. The molecule has 0 N–H and O–H groups in total. The third kappa shape index (κ3) is 5.41. The molecule has 1 atom stereocenters. The van der Waals surface area contributed by atoms with Crippen LogP contribution in [0.2, 0.25) is 0 Å². The Morgan fingerprint density at radius 3 is 2.54 bits per heavy atom. The Kier molecular flexibility index (Phi) is 5.37. The predicted molar refractivity (Wildman–Crippen MR) is 56.9 cm³/mol. The van der Waals surface area contributed by atoms with Gasteiger partial charge in [-0.3, -0.25) is 4.99 Å². The summed E-state index contributed by atoms with van der Waals surface area (Å²) >= 11 is 0. The van der Waals surface area contributed by atoms with Crippen molar-refractivity contribution in [2.75, 3.05) is 0 Å². The van der Waals surface area contributed by atoms with E-state index in [4.69, 9.17) is 5.26 Å². The summed E-state index contributed by atoms with van der Waals surface area (Å²) < 4.78 is 0. The van der Waals surface area contributed by atoms with Crippen LogP contribution in [0.15, 0.2) is 4.99 Å². The lowest BCUT2D eigenvalue weighted by Crippen LogP contribution is -2.18. The number of nitrogens with zero attached hydrogens (tertiary/aromatic N) is 2. The first kappa shape index (κ1) is 12.2. The highest BCUT2D eigenvalue weighted by molar-refractivity contribution is 5.58. The van der Waals surface area contributed by atoms with Crippen molar-refractivity contribution < 1.29 is 0 Å². The lowest BCUT2D eigenvalue weighted by atomic mass is 9.99. The van der Waals surface area contributed by atoms with E-state index in [0.29, 0.717) is 5.92 Å². The van der Waals surface area contributed by atoms with Crippen molar-refractivity contribution in [1.29, 1.82) is 5.26 Å². The fourth-order valence-corrected chi connectivity index (χ4v) is 1.10. The van der Waals surface area contributed by atoms with Crippen LogP contribution >= 0.6 is 0 Å². The van der Waals surface area contributed by atoms with Crippen molar-refractivity contribution in [3.05, 3.63) is 0 Å². The van der Waals surface area contributed by atoms with E-state index in [-0.39, 0.29) is 0 Å². The molecule has 0 heterocycles. The molecule has 2 nitrogen and oxygen atoms in total. The number of nitriles is 1. The molecule has 0 aliphatic rings. The first-order valence-corrected chi connectivity index (χ1v) is 4.99. The van der Waals surface area contributed by atoms with Crippen LogP contribution < -0.4 is 0 Å². The lowest BCUT2D eigenvalue weighted by molar-refractivity contribution is 0.539. The van der Waals surface area contributed by atoms with Crippen LogP contribution in [0, 0.1) is 17.2 Å². The highest BCUT2D eigenvalue weighted by Crippen LogP contribution is 2.16. The Hall–Kier alpha value is -0.840. The normalized spacial score (nSPS) is 16.0. The van der Waals surface area contributed by atoms with E-state index in [1.807, 2.05) is 13.1 Å². The summed E-state index contributed by atoms with van der Waals surface area (Å²) in [4.78, 5) is 4.32. The molecule has 0 aromatic heterocycles. The van der Waals surface area contributed by atoms with Crippen molar-refractivity contribution in [1.82, 2.24) is 0 Å². The van der Waals surface area contributed by atoms with E-state index in [0.717, 1.165) is 19.3 Å². The maximum Gasteiger partial charge on any atom is 0.143 e. The fraction of sp³-hybridized carbons (Fsp3) is 0.818. The molecule has 0 bridgehead atoms. The van der Waals surface area contributed by atoms with E-state index in [9.17, 15) is 0 Å². The summed E-state index contributed by atoms with van der Waals surface area (Å²) in [6.07, 6.45) is 4.70. The van der Waals surface area contributed by atoms with Crippen molar-refractivity contribution in [2.24, 2.45) is 10.9 Å². The van der Waals surface area contributed by atoms with Crippen LogP contribution in [-0.4, -0.2) is 11.8 Å². The molecule has 0 radical (unpaired) electrons. The maximum absolute atomic E-state index is 8.92. The van der Waals surface area contributed by atoms with Gasteiger partial charge < -0.3 is 0 Å². The molecule has 0 fully saturated rings. The highest BCUT2D eigenvalue weighted by atomic mass is 14.8. The van der Waals surface area contributed by atoms with E-state index in [2.05, 4.69) is 31.8 Å². The maximum atomic E-state index is 8.92. The third-order valence-corrected chi connectivity index (χ3v) is 1.93. The van der Waals surface area contributed by atoms with Gasteiger partial charge >= 0.3 is 0 Å². The van der Waals surface area contributed by atoms with Gasteiger partial charge in [0.1, 0.15) is 5.54 Å². The SMILES string of the molecule is CCCC(C)(C#N)N=CCC(C)C. The molecule has 1 unspecified atom stereocenters. The van der Waals surface area contributed by atoms with Crippen LogP contribution in [0.5, 0.6) is 0 Å². The van der Waals surface area contributed by atoms with Gasteiger partial charge in [0, 0.05) is 6.21 Å². The van der Waals surface area contributed by atoms with Crippen LogP contribution in [-0.2, 0) is 0 Å². The average Bonchev–Trinajstić information content (AvgIpc) is 2.04. The van der Waals surface area contributed by atoms with Crippen LogP contribution in [0.1, 0.15) is 47.0 Å². The first-order valence-electron chi connectivity index (χ1n) is 4.99. The second-order valence-corrected chi connectivity index (χ2v) is 4.08. The first-order chi connectivity index (χ1) is 6.04. The second-order valence-electron chi connectivity index (χ2n) is 4.08. The predicted octanol–water partition coefficient (Wildman–Crippen LogP) is 3.19. The quantitative estimate of drug-likeness (QED) is 0.598. The molecular weight excluding hydrogens is 160 g/mol. The summed E-state index contributed by atoms with van der Waals surface area (Å²) in [6.45, 7) is 8.27. The van der Waals surface area contributed by atoms with Gasteiger partial charge in [-0.1, -0.05) is 27.2 Å². The molecule has 74 valence electrons. The average molecular weight is 180 g/mol. The summed E-state index contributed by atoms with van der Waals surface area (Å²) in [6, 6.07) is 2.26. The monoisotopic (exact) mass is 180 g/mol. The van der Waals surface area contributed by atoms with Crippen molar-refractivity contribution >= 4 is 6.21 Å². The molecule has 0 aromatic rings. The number of aliphatic imine (C=N–C) groups is 1. The minimum Gasteiger partial charge on any atom is -0.276 e. The summed E-state index contributed by atoms with van der Waals surface area (Å²) in [5, 5.41) is 8.92. The zero-order valence-electron chi connectivity index (χ0n) is 9.17. The molecule has 2 heteroatoms. The third-order valence-electron chi connectivity index (χ3n) is 1.93. The molecule has 0 amide bonds. The van der Waals surface area contributed by atoms with Gasteiger partial charge in [-0.15, -0.1) is 0 Å². The Labute approximate surface area is 81.7 Å². The van der Waals surface area contributed by atoms with Gasteiger partial charge in [-0.05, 0) is 25.7 Å². The van der Waals surface area contributed by atoms with Gasteiger partial charge in [-0.2, -0.15) is 5.26 Å². The Balaban J connectivity index is 4.12.